The lowest BCUT2D eigenvalue weighted by Crippen LogP contribution is -2.29. The Kier molecular flexibility index (Phi) is 7.37. The van der Waals surface area contributed by atoms with E-state index in [2.05, 4.69) is 78.7 Å². The Hall–Kier alpha value is -1.77. The third-order valence-electron chi connectivity index (χ3n) is 5.35. The predicted octanol–water partition coefficient (Wildman–Crippen LogP) is 6.97. The topological polar surface area (TPSA) is 3.24 Å². The summed E-state index contributed by atoms with van der Waals surface area (Å²) in [6, 6.07) is 24.4. The summed E-state index contributed by atoms with van der Waals surface area (Å²) in [5.74, 6) is 1.77. The van der Waals surface area contributed by atoms with Crippen molar-refractivity contribution in [1.29, 1.82) is 0 Å². The average Bonchev–Trinajstić information content (AvgIpc) is 2.74. The van der Waals surface area contributed by atoms with Crippen molar-refractivity contribution in [3.8, 4) is 0 Å². The standard InChI is InChI=1S/C23H25NS.C2H6/c1-24-15-13-19(14-16-24)21-10-4-3-8-20(21)17-25-23-12-6-9-18-7-2-5-11-22(18)23;1-2/h2-12,19H,13-17H2,1H3;1-2H3. The summed E-state index contributed by atoms with van der Waals surface area (Å²) in [5, 5.41) is 2.70. The summed E-state index contributed by atoms with van der Waals surface area (Å²) in [4.78, 5) is 3.83. The van der Waals surface area contributed by atoms with Crippen LogP contribution in [0.3, 0.4) is 0 Å². The normalized spacial score (nSPS) is 15.4. The number of piperidine rings is 1. The fourth-order valence-electron chi connectivity index (χ4n) is 3.86. The summed E-state index contributed by atoms with van der Waals surface area (Å²) in [5.41, 5.74) is 3.08. The first-order valence-electron chi connectivity index (χ1n) is 10.2. The molecule has 1 aliphatic rings. The zero-order chi connectivity index (χ0) is 19.1. The van der Waals surface area contributed by atoms with Gasteiger partial charge in [0.05, 0.1) is 0 Å². The third kappa shape index (κ3) is 4.94. The van der Waals surface area contributed by atoms with Gasteiger partial charge in [-0.3, -0.25) is 0 Å². The lowest BCUT2D eigenvalue weighted by atomic mass is 9.87. The first kappa shape index (κ1) is 20.0. The van der Waals surface area contributed by atoms with Crippen LogP contribution in [0.2, 0.25) is 0 Å². The molecule has 0 unspecified atom stereocenters. The fourth-order valence-corrected chi connectivity index (χ4v) is 4.95. The maximum absolute atomic E-state index is 2.45. The van der Waals surface area contributed by atoms with Crippen molar-refractivity contribution in [2.45, 2.75) is 43.3 Å². The van der Waals surface area contributed by atoms with Crippen molar-refractivity contribution in [2.75, 3.05) is 20.1 Å². The van der Waals surface area contributed by atoms with Crippen molar-refractivity contribution in [3.05, 3.63) is 77.9 Å². The van der Waals surface area contributed by atoms with Crippen LogP contribution in [0, 0.1) is 0 Å². The molecule has 1 aliphatic heterocycles. The van der Waals surface area contributed by atoms with Gasteiger partial charge < -0.3 is 4.90 Å². The fraction of sp³-hybridized carbons (Fsp3) is 0.360. The SMILES string of the molecule is CC.CN1CCC(c2ccccc2CSc2cccc3ccccc23)CC1. The summed E-state index contributed by atoms with van der Waals surface area (Å²) in [7, 11) is 2.23. The Balaban J connectivity index is 0.00000102. The van der Waals surface area contributed by atoms with Crippen LogP contribution >= 0.6 is 11.8 Å². The molecule has 0 aliphatic carbocycles. The Morgan fingerprint density at radius 2 is 1.52 bits per heavy atom. The summed E-state index contributed by atoms with van der Waals surface area (Å²) < 4.78 is 0. The van der Waals surface area contributed by atoms with Crippen LogP contribution < -0.4 is 0 Å². The molecule has 0 bridgehead atoms. The molecule has 1 heterocycles. The minimum absolute atomic E-state index is 0.723. The molecular formula is C25H31NS. The number of hydrogen-bond donors (Lipinski definition) is 0. The average molecular weight is 378 g/mol. The van der Waals surface area contributed by atoms with Gasteiger partial charge in [0.2, 0.25) is 0 Å². The van der Waals surface area contributed by atoms with E-state index in [9.17, 15) is 0 Å². The molecule has 142 valence electrons. The number of nitrogens with zero attached hydrogens (tertiary/aromatic N) is 1. The molecule has 0 spiro atoms. The molecule has 2 heteroatoms. The zero-order valence-electron chi connectivity index (χ0n) is 16.8. The molecule has 0 radical (unpaired) electrons. The second-order valence-corrected chi connectivity index (χ2v) is 8.06. The Bertz CT molecular complexity index is 844. The van der Waals surface area contributed by atoms with Crippen LogP contribution in [0.4, 0.5) is 0 Å². The molecule has 0 N–H and O–H groups in total. The van der Waals surface area contributed by atoms with E-state index in [-0.39, 0.29) is 0 Å². The molecule has 1 fully saturated rings. The first-order valence-corrected chi connectivity index (χ1v) is 11.2. The lowest BCUT2D eigenvalue weighted by Gasteiger charge is -2.30. The number of thioether (sulfide) groups is 1. The van der Waals surface area contributed by atoms with Crippen LogP contribution in [-0.2, 0) is 5.75 Å². The van der Waals surface area contributed by atoms with E-state index in [1.807, 2.05) is 25.6 Å². The van der Waals surface area contributed by atoms with E-state index >= 15 is 0 Å². The Morgan fingerprint density at radius 1 is 0.852 bits per heavy atom. The molecule has 27 heavy (non-hydrogen) atoms. The van der Waals surface area contributed by atoms with Gasteiger partial charge >= 0.3 is 0 Å². The monoisotopic (exact) mass is 377 g/mol. The van der Waals surface area contributed by atoms with E-state index < -0.39 is 0 Å². The highest BCUT2D eigenvalue weighted by Crippen LogP contribution is 2.35. The molecule has 0 atom stereocenters. The van der Waals surface area contributed by atoms with Crippen molar-refractivity contribution in [1.82, 2.24) is 4.90 Å². The Labute approximate surface area is 168 Å². The largest absolute Gasteiger partial charge is 0.306 e. The molecule has 3 aromatic carbocycles. The van der Waals surface area contributed by atoms with Crippen LogP contribution in [0.25, 0.3) is 10.8 Å². The van der Waals surface area contributed by atoms with Crippen molar-refractivity contribution >= 4 is 22.5 Å². The van der Waals surface area contributed by atoms with Gasteiger partial charge in [0, 0.05) is 10.6 Å². The summed E-state index contributed by atoms with van der Waals surface area (Å²) in [6.07, 6.45) is 2.57. The molecule has 0 aromatic heterocycles. The molecule has 0 amide bonds. The maximum Gasteiger partial charge on any atom is 0.0235 e. The number of rotatable bonds is 4. The minimum atomic E-state index is 0.723. The van der Waals surface area contributed by atoms with Crippen LogP contribution in [0.15, 0.2) is 71.6 Å². The van der Waals surface area contributed by atoms with Crippen molar-refractivity contribution in [3.63, 3.8) is 0 Å². The molecule has 1 nitrogen and oxygen atoms in total. The molecule has 4 rings (SSSR count). The van der Waals surface area contributed by atoms with Gasteiger partial charge in [0.15, 0.2) is 0 Å². The molecule has 3 aromatic rings. The minimum Gasteiger partial charge on any atom is -0.306 e. The maximum atomic E-state index is 2.45. The number of fused-ring (bicyclic) bond motifs is 1. The highest BCUT2D eigenvalue weighted by molar-refractivity contribution is 7.98. The van der Waals surface area contributed by atoms with Gasteiger partial charge in [-0.25, -0.2) is 0 Å². The van der Waals surface area contributed by atoms with E-state index in [0.717, 1.165) is 11.7 Å². The zero-order valence-corrected chi connectivity index (χ0v) is 17.6. The number of benzene rings is 3. The number of hydrogen-bond acceptors (Lipinski definition) is 2. The molecule has 1 saturated heterocycles. The van der Waals surface area contributed by atoms with Gasteiger partial charge in [0.1, 0.15) is 0 Å². The Morgan fingerprint density at radius 3 is 2.33 bits per heavy atom. The van der Waals surface area contributed by atoms with Gasteiger partial charge in [-0.15, -0.1) is 11.8 Å². The second-order valence-electron chi connectivity index (χ2n) is 7.04. The van der Waals surface area contributed by atoms with E-state index in [1.165, 1.54) is 47.2 Å². The van der Waals surface area contributed by atoms with E-state index in [4.69, 9.17) is 0 Å². The second kappa shape index (κ2) is 9.96. The van der Waals surface area contributed by atoms with Crippen molar-refractivity contribution in [2.24, 2.45) is 0 Å². The molecule has 0 saturated carbocycles. The van der Waals surface area contributed by atoms with Gasteiger partial charge in [-0.05, 0) is 66.9 Å². The lowest BCUT2D eigenvalue weighted by molar-refractivity contribution is 0.255. The van der Waals surface area contributed by atoms with E-state index in [0.29, 0.717) is 0 Å². The van der Waals surface area contributed by atoms with Crippen molar-refractivity contribution < 1.29 is 0 Å². The predicted molar refractivity (Wildman–Crippen MR) is 121 cm³/mol. The van der Waals surface area contributed by atoms with Gasteiger partial charge in [-0.2, -0.15) is 0 Å². The summed E-state index contributed by atoms with van der Waals surface area (Å²) in [6.45, 7) is 6.44. The third-order valence-corrected chi connectivity index (χ3v) is 6.47. The number of likely N-dealkylation sites (tertiary alicyclic amines) is 1. The highest BCUT2D eigenvalue weighted by atomic mass is 32.2. The van der Waals surface area contributed by atoms with Gasteiger partial charge in [0.25, 0.3) is 0 Å². The smallest absolute Gasteiger partial charge is 0.0235 e. The highest BCUT2D eigenvalue weighted by Gasteiger charge is 2.20. The first-order chi connectivity index (χ1) is 13.3. The van der Waals surface area contributed by atoms with Crippen LogP contribution in [0.1, 0.15) is 43.7 Å². The van der Waals surface area contributed by atoms with Crippen LogP contribution in [0.5, 0.6) is 0 Å². The van der Waals surface area contributed by atoms with Gasteiger partial charge in [-0.1, -0.05) is 74.5 Å². The van der Waals surface area contributed by atoms with Crippen LogP contribution in [-0.4, -0.2) is 25.0 Å². The summed E-state index contributed by atoms with van der Waals surface area (Å²) >= 11 is 1.97. The quantitative estimate of drug-likeness (QED) is 0.452. The molecular weight excluding hydrogens is 346 g/mol. The van der Waals surface area contributed by atoms with E-state index in [1.54, 1.807) is 5.56 Å².